The maximum atomic E-state index is 12.9. The van der Waals surface area contributed by atoms with Gasteiger partial charge < -0.3 is 14.8 Å². The fourth-order valence-electron chi connectivity index (χ4n) is 3.59. The van der Waals surface area contributed by atoms with Gasteiger partial charge in [-0.1, -0.05) is 12.1 Å². The highest BCUT2D eigenvalue weighted by molar-refractivity contribution is 7.89. The van der Waals surface area contributed by atoms with Crippen LogP contribution in [0.25, 0.3) is 0 Å². The molecular weight excluding hydrogens is 474 g/mol. The summed E-state index contributed by atoms with van der Waals surface area (Å²) >= 11 is 0. The van der Waals surface area contributed by atoms with E-state index in [2.05, 4.69) is 5.32 Å². The second-order valence-corrected chi connectivity index (χ2v) is 9.67. The minimum atomic E-state index is -3.79. The Morgan fingerprint density at radius 3 is 2.34 bits per heavy atom. The fraction of sp³-hybridized carbons (Fsp3) is 0.333. The van der Waals surface area contributed by atoms with Crippen LogP contribution in [-0.2, 0) is 29.1 Å². The van der Waals surface area contributed by atoms with Crippen LogP contribution in [0.1, 0.15) is 35.7 Å². The number of hydrogen-bond donors (Lipinski definition) is 1. The summed E-state index contributed by atoms with van der Waals surface area (Å²) < 4.78 is 37.1. The average Bonchev–Trinajstić information content (AvgIpc) is 2.88. The van der Waals surface area contributed by atoms with Crippen LogP contribution < -0.4 is 5.32 Å². The number of rotatable bonds is 8. The van der Waals surface area contributed by atoms with Crippen LogP contribution in [0.15, 0.2) is 53.4 Å². The van der Waals surface area contributed by atoms with Gasteiger partial charge in [0.1, 0.15) is 6.07 Å². The lowest BCUT2D eigenvalue weighted by Gasteiger charge is -2.30. The second kappa shape index (κ2) is 11.6. The first-order chi connectivity index (χ1) is 16.8. The summed E-state index contributed by atoms with van der Waals surface area (Å²) in [5.74, 6) is -2.22. The van der Waals surface area contributed by atoms with E-state index in [-0.39, 0.29) is 48.6 Å². The molecule has 1 heterocycles. The number of para-hydroxylation sites is 1. The van der Waals surface area contributed by atoms with E-state index < -0.39 is 40.4 Å². The Balaban J connectivity index is 1.50. The van der Waals surface area contributed by atoms with Gasteiger partial charge in [0.05, 0.1) is 34.2 Å². The smallest absolute Gasteiger partial charge is 0.338 e. The molecule has 1 aliphatic heterocycles. The molecule has 1 saturated heterocycles. The van der Waals surface area contributed by atoms with Gasteiger partial charge >= 0.3 is 11.9 Å². The zero-order valence-corrected chi connectivity index (χ0v) is 19.9. The molecule has 10 nitrogen and oxygen atoms in total. The molecule has 0 spiro atoms. The van der Waals surface area contributed by atoms with E-state index in [1.807, 2.05) is 6.07 Å². The molecule has 0 radical (unpaired) electrons. The molecule has 1 aliphatic rings. The van der Waals surface area contributed by atoms with Crippen LogP contribution in [0, 0.1) is 17.2 Å². The van der Waals surface area contributed by atoms with Crippen LogP contribution in [-0.4, -0.2) is 56.9 Å². The number of nitrogens with one attached hydrogen (secondary N) is 1. The van der Waals surface area contributed by atoms with Crippen molar-refractivity contribution in [2.45, 2.75) is 24.7 Å². The monoisotopic (exact) mass is 499 g/mol. The van der Waals surface area contributed by atoms with Crippen molar-refractivity contribution in [1.82, 2.24) is 4.31 Å². The lowest BCUT2D eigenvalue weighted by Crippen LogP contribution is -2.40. The first-order valence-corrected chi connectivity index (χ1v) is 12.4. The largest absolute Gasteiger partial charge is 0.462 e. The standard InChI is InChI=1S/C24H25N3O7S/c1-2-33-23(29)17-7-9-20(10-8-17)35(31,32)27-13-11-18(12-14-27)24(30)34-16-22(28)26-21-6-4-3-5-19(21)15-25/h3-10,18H,2,11-14,16H2,1H3,(H,26,28). The highest BCUT2D eigenvalue weighted by atomic mass is 32.2. The Labute approximate surface area is 203 Å². The van der Waals surface area contributed by atoms with Crippen molar-refractivity contribution < 1.29 is 32.3 Å². The third-order valence-electron chi connectivity index (χ3n) is 5.46. The van der Waals surface area contributed by atoms with Crippen LogP contribution in [0.3, 0.4) is 0 Å². The number of piperidine rings is 1. The quantitative estimate of drug-likeness (QED) is 0.545. The van der Waals surface area contributed by atoms with Crippen molar-refractivity contribution in [3.8, 4) is 6.07 Å². The maximum absolute atomic E-state index is 12.9. The zero-order valence-electron chi connectivity index (χ0n) is 19.1. The topological polar surface area (TPSA) is 143 Å². The number of nitriles is 1. The Morgan fingerprint density at radius 1 is 1.06 bits per heavy atom. The lowest BCUT2D eigenvalue weighted by atomic mass is 9.98. The Bertz CT molecular complexity index is 1230. The molecule has 0 bridgehead atoms. The van der Waals surface area contributed by atoms with E-state index in [9.17, 15) is 22.8 Å². The molecule has 2 aromatic rings. The summed E-state index contributed by atoms with van der Waals surface area (Å²) in [5.41, 5.74) is 0.869. The number of sulfonamides is 1. The van der Waals surface area contributed by atoms with Gasteiger partial charge in [0, 0.05) is 13.1 Å². The number of benzene rings is 2. The van der Waals surface area contributed by atoms with Crippen molar-refractivity contribution in [2.75, 3.05) is 31.6 Å². The third-order valence-corrected chi connectivity index (χ3v) is 7.37. The van der Waals surface area contributed by atoms with E-state index >= 15 is 0 Å². The SMILES string of the molecule is CCOC(=O)c1ccc(S(=O)(=O)N2CCC(C(=O)OCC(=O)Nc3ccccc3C#N)CC2)cc1. The van der Waals surface area contributed by atoms with Crippen molar-refractivity contribution >= 4 is 33.6 Å². The first kappa shape index (κ1) is 25.9. The van der Waals surface area contributed by atoms with Crippen molar-refractivity contribution in [1.29, 1.82) is 5.26 Å². The molecule has 2 aromatic carbocycles. The molecule has 0 aliphatic carbocycles. The molecule has 1 fully saturated rings. The number of esters is 2. The molecule has 11 heteroatoms. The first-order valence-electron chi connectivity index (χ1n) is 11.0. The molecule has 0 saturated carbocycles. The Kier molecular flexibility index (Phi) is 8.57. The van der Waals surface area contributed by atoms with Gasteiger partial charge in [-0.3, -0.25) is 9.59 Å². The molecule has 0 atom stereocenters. The van der Waals surface area contributed by atoms with Gasteiger partial charge in [-0.15, -0.1) is 0 Å². The second-order valence-electron chi connectivity index (χ2n) is 7.74. The average molecular weight is 500 g/mol. The number of carbonyl (C=O) groups is 3. The Hall–Kier alpha value is -3.75. The fourth-order valence-corrected chi connectivity index (χ4v) is 5.06. The molecule has 0 aromatic heterocycles. The third kappa shape index (κ3) is 6.44. The minimum absolute atomic E-state index is 0.0425. The summed E-state index contributed by atoms with van der Waals surface area (Å²) in [7, 11) is -3.79. The van der Waals surface area contributed by atoms with Crippen molar-refractivity contribution in [3.63, 3.8) is 0 Å². The predicted octanol–water partition coefficient (Wildman–Crippen LogP) is 2.32. The Morgan fingerprint density at radius 2 is 1.71 bits per heavy atom. The predicted molar refractivity (Wildman–Crippen MR) is 125 cm³/mol. The molecule has 184 valence electrons. The van der Waals surface area contributed by atoms with Gasteiger partial charge in [-0.2, -0.15) is 9.57 Å². The van der Waals surface area contributed by atoms with Gasteiger partial charge in [0.2, 0.25) is 10.0 Å². The maximum Gasteiger partial charge on any atom is 0.338 e. The summed E-state index contributed by atoms with van der Waals surface area (Å²) in [6.45, 7) is 1.62. The number of amides is 1. The summed E-state index contributed by atoms with van der Waals surface area (Å²) in [4.78, 5) is 36.3. The highest BCUT2D eigenvalue weighted by Crippen LogP contribution is 2.25. The van der Waals surface area contributed by atoms with Gasteiger partial charge in [0.25, 0.3) is 5.91 Å². The van der Waals surface area contributed by atoms with Gasteiger partial charge in [0.15, 0.2) is 6.61 Å². The summed E-state index contributed by atoms with van der Waals surface area (Å²) in [5, 5.41) is 11.6. The van der Waals surface area contributed by atoms with Crippen LogP contribution >= 0.6 is 0 Å². The van der Waals surface area contributed by atoms with Gasteiger partial charge in [-0.05, 0) is 56.2 Å². The highest BCUT2D eigenvalue weighted by Gasteiger charge is 2.33. The molecular formula is C24H25N3O7S. The van der Waals surface area contributed by atoms with Crippen LogP contribution in [0.2, 0.25) is 0 Å². The van der Waals surface area contributed by atoms with E-state index in [1.54, 1.807) is 31.2 Å². The molecule has 35 heavy (non-hydrogen) atoms. The number of anilines is 1. The van der Waals surface area contributed by atoms with Crippen molar-refractivity contribution in [2.24, 2.45) is 5.92 Å². The van der Waals surface area contributed by atoms with E-state index in [1.165, 1.54) is 28.6 Å². The number of hydrogen-bond acceptors (Lipinski definition) is 8. The van der Waals surface area contributed by atoms with E-state index in [0.29, 0.717) is 5.69 Å². The lowest BCUT2D eigenvalue weighted by molar-refractivity contribution is -0.152. The minimum Gasteiger partial charge on any atom is -0.462 e. The molecule has 0 unspecified atom stereocenters. The number of carbonyl (C=O) groups excluding carboxylic acids is 3. The normalized spacial score (nSPS) is 14.5. The van der Waals surface area contributed by atoms with Crippen molar-refractivity contribution in [3.05, 3.63) is 59.7 Å². The van der Waals surface area contributed by atoms with Gasteiger partial charge in [-0.25, -0.2) is 13.2 Å². The molecule has 1 amide bonds. The zero-order chi connectivity index (χ0) is 25.4. The number of nitrogens with zero attached hydrogens (tertiary/aromatic N) is 2. The summed E-state index contributed by atoms with van der Waals surface area (Å²) in [6, 6.07) is 13.9. The molecule has 1 N–H and O–H groups in total. The number of ether oxygens (including phenoxy) is 2. The van der Waals surface area contributed by atoms with Crippen LogP contribution in [0.5, 0.6) is 0 Å². The van der Waals surface area contributed by atoms with E-state index in [0.717, 1.165) is 0 Å². The summed E-state index contributed by atoms with van der Waals surface area (Å²) in [6.07, 6.45) is 0.496. The molecule has 3 rings (SSSR count). The van der Waals surface area contributed by atoms with Crippen LogP contribution in [0.4, 0.5) is 5.69 Å². The van der Waals surface area contributed by atoms with E-state index in [4.69, 9.17) is 14.7 Å².